The van der Waals surface area contributed by atoms with Crippen LogP contribution in [-0.2, 0) is 16.0 Å². The van der Waals surface area contributed by atoms with Gasteiger partial charge in [0.2, 0.25) is 5.91 Å². The molecule has 1 aliphatic heterocycles. The molecule has 102 valence electrons. The van der Waals surface area contributed by atoms with Crippen molar-refractivity contribution in [3.63, 3.8) is 0 Å². The van der Waals surface area contributed by atoms with Crippen molar-refractivity contribution in [2.75, 3.05) is 11.5 Å². The minimum Gasteiger partial charge on any atom is -0.480 e. The second-order valence-electron chi connectivity index (χ2n) is 4.65. The van der Waals surface area contributed by atoms with Crippen molar-refractivity contribution >= 4 is 23.6 Å². The van der Waals surface area contributed by atoms with Crippen LogP contribution in [0.4, 0.5) is 0 Å². The monoisotopic (exact) mass is 279 g/mol. The predicted octanol–water partition coefficient (Wildman–Crippen LogP) is 1.55. The van der Waals surface area contributed by atoms with Gasteiger partial charge in [-0.1, -0.05) is 30.3 Å². The van der Waals surface area contributed by atoms with Crippen molar-refractivity contribution in [1.29, 1.82) is 0 Å². The molecule has 0 bridgehead atoms. The Morgan fingerprint density at radius 3 is 2.68 bits per heavy atom. The van der Waals surface area contributed by atoms with Crippen molar-refractivity contribution in [2.45, 2.75) is 18.9 Å². The first-order valence-electron chi connectivity index (χ1n) is 6.31. The van der Waals surface area contributed by atoms with E-state index in [1.165, 1.54) is 0 Å². The molecule has 1 fully saturated rings. The molecule has 2 N–H and O–H groups in total. The molecule has 2 atom stereocenters. The van der Waals surface area contributed by atoms with Gasteiger partial charge in [-0.2, -0.15) is 11.8 Å². The zero-order chi connectivity index (χ0) is 13.7. The van der Waals surface area contributed by atoms with E-state index in [2.05, 4.69) is 5.32 Å². The standard InChI is InChI=1S/C14H17NO3S/c16-13(11-6-7-19-9-11)15-12(14(17)18)8-10-4-2-1-3-5-10/h1-5,11-12H,6-9H2,(H,15,16)(H,17,18). The van der Waals surface area contributed by atoms with Gasteiger partial charge in [0.1, 0.15) is 6.04 Å². The van der Waals surface area contributed by atoms with Crippen LogP contribution in [0.5, 0.6) is 0 Å². The SMILES string of the molecule is O=C(NC(Cc1ccccc1)C(=O)O)C1CCSC1. The summed E-state index contributed by atoms with van der Waals surface area (Å²) in [4.78, 5) is 23.2. The van der Waals surface area contributed by atoms with Crippen LogP contribution in [0.15, 0.2) is 30.3 Å². The van der Waals surface area contributed by atoms with Crippen LogP contribution in [0.3, 0.4) is 0 Å². The summed E-state index contributed by atoms with van der Waals surface area (Å²) >= 11 is 1.74. The Morgan fingerprint density at radius 2 is 2.11 bits per heavy atom. The van der Waals surface area contributed by atoms with Crippen LogP contribution < -0.4 is 5.32 Å². The number of carbonyl (C=O) groups excluding carboxylic acids is 1. The highest BCUT2D eigenvalue weighted by Crippen LogP contribution is 2.23. The minimum absolute atomic E-state index is 0.0392. The largest absolute Gasteiger partial charge is 0.480 e. The number of carbonyl (C=O) groups is 2. The molecule has 1 saturated heterocycles. The maximum Gasteiger partial charge on any atom is 0.326 e. The minimum atomic E-state index is -0.983. The smallest absolute Gasteiger partial charge is 0.326 e. The Morgan fingerprint density at radius 1 is 1.37 bits per heavy atom. The predicted molar refractivity (Wildman–Crippen MR) is 75.1 cm³/mol. The van der Waals surface area contributed by atoms with Crippen molar-refractivity contribution in [2.24, 2.45) is 5.92 Å². The Hall–Kier alpha value is -1.49. The average molecular weight is 279 g/mol. The van der Waals surface area contributed by atoms with E-state index in [9.17, 15) is 14.7 Å². The summed E-state index contributed by atoms with van der Waals surface area (Å²) in [6.45, 7) is 0. The van der Waals surface area contributed by atoms with Gasteiger partial charge in [-0.3, -0.25) is 4.79 Å². The number of carboxylic acids is 1. The van der Waals surface area contributed by atoms with Crippen LogP contribution in [-0.4, -0.2) is 34.5 Å². The van der Waals surface area contributed by atoms with Crippen LogP contribution in [0.25, 0.3) is 0 Å². The first kappa shape index (κ1) is 13.9. The van der Waals surface area contributed by atoms with E-state index in [1.807, 2.05) is 30.3 Å². The van der Waals surface area contributed by atoms with E-state index in [1.54, 1.807) is 11.8 Å². The fourth-order valence-corrected chi connectivity index (χ4v) is 3.30. The Kier molecular flexibility index (Phi) is 4.85. The molecule has 0 aromatic heterocycles. The normalized spacial score (nSPS) is 19.9. The highest BCUT2D eigenvalue weighted by atomic mass is 32.2. The number of nitrogens with one attached hydrogen (secondary N) is 1. The summed E-state index contributed by atoms with van der Waals surface area (Å²) in [5.74, 6) is 0.622. The molecule has 0 radical (unpaired) electrons. The summed E-state index contributed by atoms with van der Waals surface area (Å²) in [5.41, 5.74) is 0.913. The van der Waals surface area contributed by atoms with Gasteiger partial charge < -0.3 is 10.4 Å². The molecule has 1 amide bonds. The van der Waals surface area contributed by atoms with Gasteiger partial charge in [0.05, 0.1) is 0 Å². The molecule has 4 nitrogen and oxygen atoms in total. The van der Waals surface area contributed by atoms with Gasteiger partial charge in [0.25, 0.3) is 0 Å². The van der Waals surface area contributed by atoms with Gasteiger partial charge in [-0.25, -0.2) is 4.79 Å². The molecular formula is C14H17NO3S. The number of thioether (sulfide) groups is 1. The third kappa shape index (κ3) is 3.99. The summed E-state index contributed by atoms with van der Waals surface area (Å²) in [7, 11) is 0. The first-order valence-corrected chi connectivity index (χ1v) is 7.47. The fraction of sp³-hybridized carbons (Fsp3) is 0.429. The van der Waals surface area contributed by atoms with E-state index in [-0.39, 0.29) is 11.8 Å². The van der Waals surface area contributed by atoms with E-state index < -0.39 is 12.0 Å². The molecule has 1 aliphatic rings. The summed E-state index contributed by atoms with van der Waals surface area (Å²) in [6, 6.07) is 8.50. The number of aliphatic carboxylic acids is 1. The lowest BCUT2D eigenvalue weighted by molar-refractivity contribution is -0.142. The Balaban J connectivity index is 1.96. The zero-order valence-electron chi connectivity index (χ0n) is 10.5. The third-order valence-electron chi connectivity index (χ3n) is 3.20. The van der Waals surface area contributed by atoms with E-state index >= 15 is 0 Å². The Bertz CT molecular complexity index is 443. The van der Waals surface area contributed by atoms with Crippen LogP contribution >= 0.6 is 11.8 Å². The van der Waals surface area contributed by atoms with Gasteiger partial charge >= 0.3 is 5.97 Å². The van der Waals surface area contributed by atoms with Crippen molar-refractivity contribution in [1.82, 2.24) is 5.32 Å². The molecule has 0 aliphatic carbocycles. The van der Waals surface area contributed by atoms with Crippen molar-refractivity contribution in [3.8, 4) is 0 Å². The van der Waals surface area contributed by atoms with Gasteiger partial charge in [0.15, 0.2) is 0 Å². The molecule has 0 spiro atoms. The molecule has 1 heterocycles. The first-order chi connectivity index (χ1) is 9.16. The highest BCUT2D eigenvalue weighted by Gasteiger charge is 2.27. The lowest BCUT2D eigenvalue weighted by Crippen LogP contribution is -2.45. The molecule has 5 heteroatoms. The van der Waals surface area contributed by atoms with E-state index in [0.29, 0.717) is 6.42 Å². The zero-order valence-corrected chi connectivity index (χ0v) is 11.4. The number of rotatable bonds is 5. The number of benzene rings is 1. The van der Waals surface area contributed by atoms with Gasteiger partial charge in [-0.05, 0) is 17.7 Å². The van der Waals surface area contributed by atoms with E-state index in [4.69, 9.17) is 0 Å². The quantitative estimate of drug-likeness (QED) is 0.858. The highest BCUT2D eigenvalue weighted by molar-refractivity contribution is 7.99. The molecular weight excluding hydrogens is 262 g/mol. The molecule has 1 aromatic carbocycles. The molecule has 1 aromatic rings. The molecule has 2 rings (SSSR count). The van der Waals surface area contributed by atoms with Crippen LogP contribution in [0.2, 0.25) is 0 Å². The third-order valence-corrected chi connectivity index (χ3v) is 4.36. The Labute approximate surface area is 116 Å². The van der Waals surface area contributed by atoms with E-state index in [0.717, 1.165) is 23.5 Å². The summed E-state index contributed by atoms with van der Waals surface area (Å²) in [5, 5.41) is 11.9. The number of amides is 1. The second-order valence-corrected chi connectivity index (χ2v) is 5.80. The van der Waals surface area contributed by atoms with Crippen molar-refractivity contribution in [3.05, 3.63) is 35.9 Å². The number of carboxylic acid groups (broad SMARTS) is 1. The van der Waals surface area contributed by atoms with Crippen LogP contribution in [0, 0.1) is 5.92 Å². The number of hydrogen-bond acceptors (Lipinski definition) is 3. The van der Waals surface area contributed by atoms with Crippen molar-refractivity contribution < 1.29 is 14.7 Å². The molecule has 2 unspecified atom stereocenters. The number of hydrogen-bond donors (Lipinski definition) is 2. The molecule has 0 saturated carbocycles. The lowest BCUT2D eigenvalue weighted by Gasteiger charge is -2.17. The van der Waals surface area contributed by atoms with Crippen LogP contribution in [0.1, 0.15) is 12.0 Å². The van der Waals surface area contributed by atoms with Gasteiger partial charge in [0, 0.05) is 18.1 Å². The maximum absolute atomic E-state index is 12.0. The maximum atomic E-state index is 12.0. The van der Waals surface area contributed by atoms with Gasteiger partial charge in [-0.15, -0.1) is 0 Å². The topological polar surface area (TPSA) is 66.4 Å². The fourth-order valence-electron chi connectivity index (χ4n) is 2.08. The molecule has 19 heavy (non-hydrogen) atoms. The summed E-state index contributed by atoms with van der Waals surface area (Å²) < 4.78 is 0. The lowest BCUT2D eigenvalue weighted by atomic mass is 10.0. The summed E-state index contributed by atoms with van der Waals surface area (Å²) in [6.07, 6.45) is 1.16. The second kappa shape index (κ2) is 6.61. The average Bonchev–Trinajstić information content (AvgIpc) is 2.93.